The minimum atomic E-state index is -0.678. The monoisotopic (exact) mass is 321 g/mol. The first kappa shape index (κ1) is 17.4. The van der Waals surface area contributed by atoms with Crippen molar-refractivity contribution in [3.05, 3.63) is 35.4 Å². The van der Waals surface area contributed by atoms with Gasteiger partial charge in [-0.15, -0.1) is 0 Å². The van der Waals surface area contributed by atoms with Crippen LogP contribution >= 0.6 is 11.8 Å². The van der Waals surface area contributed by atoms with Crippen molar-refractivity contribution in [1.29, 1.82) is 0 Å². The molecule has 1 aliphatic heterocycles. The highest BCUT2D eigenvalue weighted by Gasteiger charge is 2.29. The van der Waals surface area contributed by atoms with Crippen LogP contribution < -0.4 is 5.32 Å². The number of hydrogen-bond donors (Lipinski definition) is 2. The molecule has 1 aliphatic rings. The molecule has 1 heterocycles. The van der Waals surface area contributed by atoms with Crippen molar-refractivity contribution in [1.82, 2.24) is 5.32 Å². The highest BCUT2D eigenvalue weighted by Crippen LogP contribution is 2.26. The third kappa shape index (κ3) is 6.01. The summed E-state index contributed by atoms with van der Waals surface area (Å²) in [6.45, 7) is 2.50. The average Bonchev–Trinajstić information content (AvgIpc) is 2.52. The Balaban J connectivity index is 1.58. The predicted octanol–water partition coefficient (Wildman–Crippen LogP) is 3.08. The second kappa shape index (κ2) is 8.59. The van der Waals surface area contributed by atoms with E-state index in [0.29, 0.717) is 13.0 Å². The van der Waals surface area contributed by atoms with Crippen LogP contribution in [0, 0.1) is 6.92 Å². The Hall–Kier alpha value is -1.00. The van der Waals surface area contributed by atoms with E-state index in [-0.39, 0.29) is 5.91 Å². The van der Waals surface area contributed by atoms with Gasteiger partial charge in [0.25, 0.3) is 0 Å². The van der Waals surface area contributed by atoms with Crippen molar-refractivity contribution >= 4 is 17.7 Å². The number of nitrogens with one attached hydrogen (secondary N) is 1. The Kier molecular flexibility index (Phi) is 6.77. The molecule has 1 aromatic rings. The van der Waals surface area contributed by atoms with Gasteiger partial charge in [0.1, 0.15) is 0 Å². The first-order valence-corrected chi connectivity index (χ1v) is 9.35. The van der Waals surface area contributed by atoms with E-state index in [0.717, 1.165) is 43.6 Å². The summed E-state index contributed by atoms with van der Waals surface area (Å²) >= 11 is 1.87. The van der Waals surface area contributed by atoms with E-state index in [1.54, 1.807) is 0 Å². The van der Waals surface area contributed by atoms with Gasteiger partial charge in [0.05, 0.1) is 5.60 Å². The van der Waals surface area contributed by atoms with Gasteiger partial charge in [-0.3, -0.25) is 4.79 Å². The zero-order valence-corrected chi connectivity index (χ0v) is 14.3. The maximum atomic E-state index is 11.9. The van der Waals surface area contributed by atoms with Crippen LogP contribution in [0.3, 0.4) is 0 Å². The predicted molar refractivity (Wildman–Crippen MR) is 93.3 cm³/mol. The molecule has 122 valence electrons. The van der Waals surface area contributed by atoms with Crippen LogP contribution in [0.1, 0.15) is 43.2 Å². The summed E-state index contributed by atoms with van der Waals surface area (Å²) < 4.78 is 0. The molecule has 4 heteroatoms. The van der Waals surface area contributed by atoms with E-state index in [1.807, 2.05) is 11.8 Å². The topological polar surface area (TPSA) is 49.3 Å². The van der Waals surface area contributed by atoms with Crippen molar-refractivity contribution in [3.8, 4) is 0 Å². The number of carbonyl (C=O) groups excluding carboxylic acids is 1. The Morgan fingerprint density at radius 3 is 2.59 bits per heavy atom. The van der Waals surface area contributed by atoms with Gasteiger partial charge in [-0.05, 0) is 56.1 Å². The minimum Gasteiger partial charge on any atom is -0.388 e. The summed E-state index contributed by atoms with van der Waals surface area (Å²) in [4.78, 5) is 11.9. The largest absolute Gasteiger partial charge is 0.388 e. The van der Waals surface area contributed by atoms with E-state index < -0.39 is 5.60 Å². The van der Waals surface area contributed by atoms with Gasteiger partial charge >= 0.3 is 0 Å². The Morgan fingerprint density at radius 2 is 1.91 bits per heavy atom. The number of unbranched alkanes of at least 4 members (excludes halogenated alkanes) is 1. The second-order valence-electron chi connectivity index (χ2n) is 6.31. The minimum absolute atomic E-state index is 0.0653. The molecule has 0 saturated carbocycles. The molecular formula is C18H27NO2S. The van der Waals surface area contributed by atoms with E-state index in [9.17, 15) is 9.90 Å². The van der Waals surface area contributed by atoms with Gasteiger partial charge < -0.3 is 10.4 Å². The fourth-order valence-electron chi connectivity index (χ4n) is 2.65. The molecule has 0 aromatic heterocycles. The average molecular weight is 321 g/mol. The third-order valence-electron chi connectivity index (χ3n) is 4.28. The summed E-state index contributed by atoms with van der Waals surface area (Å²) in [5, 5.41) is 13.2. The molecule has 0 bridgehead atoms. The first-order valence-electron chi connectivity index (χ1n) is 8.20. The first-order chi connectivity index (χ1) is 10.6. The van der Waals surface area contributed by atoms with Gasteiger partial charge in [-0.25, -0.2) is 0 Å². The van der Waals surface area contributed by atoms with E-state index in [2.05, 4.69) is 36.5 Å². The standard InChI is InChI=1S/C18H27NO2S/c1-15-6-8-16(9-7-15)4-2-3-5-17(20)19-14-18(21)10-12-22-13-11-18/h6-9,21H,2-5,10-14H2,1H3,(H,19,20). The molecule has 0 radical (unpaired) electrons. The molecule has 1 saturated heterocycles. The maximum absolute atomic E-state index is 11.9. The fourth-order valence-corrected chi connectivity index (χ4v) is 3.90. The van der Waals surface area contributed by atoms with Crippen molar-refractivity contribution < 1.29 is 9.90 Å². The summed E-state index contributed by atoms with van der Waals surface area (Å²) in [7, 11) is 0. The molecule has 1 amide bonds. The molecule has 22 heavy (non-hydrogen) atoms. The van der Waals surface area contributed by atoms with Gasteiger partial charge in [0, 0.05) is 13.0 Å². The number of amides is 1. The Bertz CT molecular complexity index is 466. The smallest absolute Gasteiger partial charge is 0.220 e. The Morgan fingerprint density at radius 1 is 1.23 bits per heavy atom. The van der Waals surface area contributed by atoms with E-state index in [1.165, 1.54) is 11.1 Å². The van der Waals surface area contributed by atoms with E-state index >= 15 is 0 Å². The number of aliphatic hydroxyl groups is 1. The number of hydrogen-bond acceptors (Lipinski definition) is 3. The number of benzene rings is 1. The van der Waals surface area contributed by atoms with Crippen LogP contribution in [-0.2, 0) is 11.2 Å². The maximum Gasteiger partial charge on any atom is 0.220 e. The molecule has 0 aliphatic carbocycles. The lowest BCUT2D eigenvalue weighted by Crippen LogP contribution is -2.45. The van der Waals surface area contributed by atoms with Gasteiger partial charge in [0.15, 0.2) is 0 Å². The van der Waals surface area contributed by atoms with Crippen LogP contribution in [-0.4, -0.2) is 34.7 Å². The molecule has 0 unspecified atom stereocenters. The second-order valence-corrected chi connectivity index (χ2v) is 7.53. The van der Waals surface area contributed by atoms with Crippen molar-refractivity contribution in [2.24, 2.45) is 0 Å². The van der Waals surface area contributed by atoms with Crippen LogP contribution in [0.15, 0.2) is 24.3 Å². The molecule has 2 rings (SSSR count). The lowest BCUT2D eigenvalue weighted by molar-refractivity contribution is -0.122. The third-order valence-corrected chi connectivity index (χ3v) is 5.26. The Labute approximate surface area is 137 Å². The van der Waals surface area contributed by atoms with Gasteiger partial charge in [-0.2, -0.15) is 11.8 Å². The van der Waals surface area contributed by atoms with Crippen LogP contribution in [0.25, 0.3) is 0 Å². The van der Waals surface area contributed by atoms with Crippen LogP contribution in [0.4, 0.5) is 0 Å². The van der Waals surface area contributed by atoms with Crippen molar-refractivity contribution in [2.45, 2.75) is 51.0 Å². The van der Waals surface area contributed by atoms with Gasteiger partial charge in [-0.1, -0.05) is 29.8 Å². The zero-order chi connectivity index (χ0) is 15.8. The molecule has 0 spiro atoms. The fraction of sp³-hybridized carbons (Fsp3) is 0.611. The highest BCUT2D eigenvalue weighted by molar-refractivity contribution is 7.99. The van der Waals surface area contributed by atoms with E-state index in [4.69, 9.17) is 0 Å². The highest BCUT2D eigenvalue weighted by atomic mass is 32.2. The molecular weight excluding hydrogens is 294 g/mol. The van der Waals surface area contributed by atoms with Crippen molar-refractivity contribution in [2.75, 3.05) is 18.1 Å². The lowest BCUT2D eigenvalue weighted by Gasteiger charge is -2.31. The zero-order valence-electron chi connectivity index (χ0n) is 13.4. The molecule has 3 nitrogen and oxygen atoms in total. The number of carbonyl (C=O) groups is 1. The molecule has 2 N–H and O–H groups in total. The number of aryl methyl sites for hydroxylation is 2. The summed E-state index contributed by atoms with van der Waals surface area (Å²) in [5.74, 6) is 2.04. The van der Waals surface area contributed by atoms with Gasteiger partial charge in [0.2, 0.25) is 5.91 Å². The van der Waals surface area contributed by atoms with Crippen molar-refractivity contribution in [3.63, 3.8) is 0 Å². The van der Waals surface area contributed by atoms with Crippen LogP contribution in [0.2, 0.25) is 0 Å². The molecule has 1 fully saturated rings. The molecule has 0 atom stereocenters. The normalized spacial score (nSPS) is 17.2. The summed E-state index contributed by atoms with van der Waals surface area (Å²) in [6, 6.07) is 8.58. The van der Waals surface area contributed by atoms with Crippen LogP contribution in [0.5, 0.6) is 0 Å². The number of thioether (sulfide) groups is 1. The lowest BCUT2D eigenvalue weighted by atomic mass is 9.97. The summed E-state index contributed by atoms with van der Waals surface area (Å²) in [6.07, 6.45) is 5.06. The number of rotatable bonds is 7. The SMILES string of the molecule is Cc1ccc(CCCCC(=O)NCC2(O)CCSCC2)cc1. The molecule has 1 aromatic carbocycles. The summed E-state index contributed by atoms with van der Waals surface area (Å²) in [5.41, 5.74) is 1.94. The quantitative estimate of drug-likeness (QED) is 0.759.